The van der Waals surface area contributed by atoms with E-state index in [0.717, 1.165) is 18.1 Å². The van der Waals surface area contributed by atoms with Crippen molar-refractivity contribution in [3.63, 3.8) is 0 Å². The molecule has 1 aliphatic rings. The lowest BCUT2D eigenvalue weighted by atomic mass is 10.1. The predicted molar refractivity (Wildman–Crippen MR) is 78.5 cm³/mol. The molecule has 0 saturated heterocycles. The lowest BCUT2D eigenvalue weighted by Gasteiger charge is -2.10. The van der Waals surface area contributed by atoms with Gasteiger partial charge in [-0.15, -0.1) is 0 Å². The molecule has 114 valence electrons. The molecule has 1 saturated carbocycles. The number of aliphatic carboxylic acids is 1. The summed E-state index contributed by atoms with van der Waals surface area (Å²) < 4.78 is 5.68. The number of ether oxygens (including phenoxy) is 1. The fraction of sp³-hybridized carbons (Fsp3) is 0.500. The summed E-state index contributed by atoms with van der Waals surface area (Å²) >= 11 is 0. The minimum Gasteiger partial charge on any atom is -0.494 e. The van der Waals surface area contributed by atoms with Crippen LogP contribution in [-0.4, -0.2) is 30.1 Å². The summed E-state index contributed by atoms with van der Waals surface area (Å²) in [5, 5.41) is 10.8. The number of carboxylic acids is 1. The van der Waals surface area contributed by atoms with Crippen LogP contribution in [0.4, 0.5) is 0 Å². The molecule has 5 heteroatoms. The number of rotatable bonds is 7. The first-order valence-corrected chi connectivity index (χ1v) is 7.38. The number of carboxylic acid groups (broad SMARTS) is 1. The van der Waals surface area contributed by atoms with E-state index in [1.165, 1.54) is 25.7 Å². The van der Waals surface area contributed by atoms with Crippen molar-refractivity contribution in [3.05, 3.63) is 29.8 Å². The highest BCUT2D eigenvalue weighted by Crippen LogP contribution is 2.27. The Labute approximate surface area is 124 Å². The van der Waals surface area contributed by atoms with Gasteiger partial charge in [-0.1, -0.05) is 25.7 Å². The lowest BCUT2D eigenvalue weighted by Crippen LogP contribution is -2.29. The van der Waals surface area contributed by atoms with Crippen LogP contribution in [0.5, 0.6) is 5.75 Å². The SMILES string of the molecule is O=C(O)CNC(=O)c1ccc(OCCC2CCCC2)cc1. The number of carbonyl (C=O) groups is 2. The number of nitrogens with one attached hydrogen (secondary N) is 1. The molecular weight excluding hydrogens is 270 g/mol. The van der Waals surface area contributed by atoms with Crippen molar-refractivity contribution in [2.75, 3.05) is 13.2 Å². The maximum Gasteiger partial charge on any atom is 0.322 e. The molecule has 1 amide bonds. The third-order valence-corrected chi connectivity index (χ3v) is 3.79. The largest absolute Gasteiger partial charge is 0.494 e. The van der Waals surface area contributed by atoms with Crippen LogP contribution in [0.15, 0.2) is 24.3 Å². The summed E-state index contributed by atoms with van der Waals surface area (Å²) in [6, 6.07) is 6.76. The quantitative estimate of drug-likeness (QED) is 0.809. The van der Waals surface area contributed by atoms with Crippen molar-refractivity contribution < 1.29 is 19.4 Å². The maximum atomic E-state index is 11.6. The van der Waals surface area contributed by atoms with Gasteiger partial charge in [-0.2, -0.15) is 0 Å². The van der Waals surface area contributed by atoms with E-state index in [4.69, 9.17) is 9.84 Å². The summed E-state index contributed by atoms with van der Waals surface area (Å²) in [7, 11) is 0. The Morgan fingerprint density at radius 3 is 2.48 bits per heavy atom. The Kier molecular flexibility index (Phi) is 5.60. The van der Waals surface area contributed by atoms with Gasteiger partial charge in [-0.25, -0.2) is 0 Å². The monoisotopic (exact) mass is 291 g/mol. The van der Waals surface area contributed by atoms with Gasteiger partial charge in [0.05, 0.1) is 6.61 Å². The van der Waals surface area contributed by atoms with Gasteiger partial charge in [0.1, 0.15) is 12.3 Å². The first-order chi connectivity index (χ1) is 10.1. The van der Waals surface area contributed by atoms with E-state index >= 15 is 0 Å². The van der Waals surface area contributed by atoms with Crippen molar-refractivity contribution >= 4 is 11.9 Å². The Bertz CT molecular complexity index is 478. The molecule has 0 unspecified atom stereocenters. The molecule has 0 heterocycles. The molecule has 1 aromatic rings. The van der Waals surface area contributed by atoms with E-state index < -0.39 is 11.9 Å². The van der Waals surface area contributed by atoms with Crippen LogP contribution < -0.4 is 10.1 Å². The first kappa shape index (κ1) is 15.4. The number of hydrogen-bond acceptors (Lipinski definition) is 3. The third kappa shape index (κ3) is 5.10. The van der Waals surface area contributed by atoms with Crippen LogP contribution in [0.3, 0.4) is 0 Å². The summed E-state index contributed by atoms with van der Waals surface area (Å²) in [4.78, 5) is 22.0. The fourth-order valence-corrected chi connectivity index (χ4v) is 2.60. The first-order valence-electron chi connectivity index (χ1n) is 7.38. The summed E-state index contributed by atoms with van der Waals surface area (Å²) in [5.41, 5.74) is 0.430. The van der Waals surface area contributed by atoms with Crippen LogP contribution in [0.1, 0.15) is 42.5 Å². The molecule has 2 N–H and O–H groups in total. The van der Waals surface area contributed by atoms with E-state index in [9.17, 15) is 9.59 Å². The second-order valence-corrected chi connectivity index (χ2v) is 5.39. The smallest absolute Gasteiger partial charge is 0.322 e. The van der Waals surface area contributed by atoms with Gasteiger partial charge in [-0.05, 0) is 36.6 Å². The molecule has 1 aromatic carbocycles. The van der Waals surface area contributed by atoms with Gasteiger partial charge < -0.3 is 15.2 Å². The van der Waals surface area contributed by atoms with Gasteiger partial charge in [0, 0.05) is 5.56 Å². The minimum absolute atomic E-state index is 0.377. The molecule has 1 aliphatic carbocycles. The predicted octanol–water partition coefficient (Wildman–Crippen LogP) is 2.46. The standard InChI is InChI=1S/C16H21NO4/c18-15(19)11-17-16(20)13-5-7-14(8-6-13)21-10-9-12-3-1-2-4-12/h5-8,12H,1-4,9-11H2,(H,17,20)(H,18,19). The zero-order valence-electron chi connectivity index (χ0n) is 12.0. The van der Waals surface area contributed by atoms with Crippen molar-refractivity contribution in [1.82, 2.24) is 5.32 Å². The second-order valence-electron chi connectivity index (χ2n) is 5.39. The van der Waals surface area contributed by atoms with Crippen molar-refractivity contribution in [3.8, 4) is 5.75 Å². The van der Waals surface area contributed by atoms with E-state index in [0.29, 0.717) is 12.2 Å². The van der Waals surface area contributed by atoms with Crippen LogP contribution in [0.2, 0.25) is 0 Å². The maximum absolute atomic E-state index is 11.6. The van der Waals surface area contributed by atoms with Gasteiger partial charge >= 0.3 is 5.97 Å². The summed E-state index contributed by atoms with van der Waals surface area (Å²) in [6.45, 7) is 0.327. The van der Waals surface area contributed by atoms with Gasteiger partial charge in [0.15, 0.2) is 0 Å². The number of carbonyl (C=O) groups excluding carboxylic acids is 1. The van der Waals surface area contributed by atoms with Crippen LogP contribution in [0, 0.1) is 5.92 Å². The highest BCUT2D eigenvalue weighted by Gasteiger charge is 2.14. The van der Waals surface area contributed by atoms with Crippen LogP contribution >= 0.6 is 0 Å². The van der Waals surface area contributed by atoms with Gasteiger partial charge in [0.2, 0.25) is 0 Å². The van der Waals surface area contributed by atoms with Crippen molar-refractivity contribution in [2.45, 2.75) is 32.1 Å². The average molecular weight is 291 g/mol. The highest BCUT2D eigenvalue weighted by molar-refractivity contribution is 5.95. The summed E-state index contributed by atoms with van der Waals surface area (Å²) in [5.74, 6) is 0.0824. The highest BCUT2D eigenvalue weighted by atomic mass is 16.5. The van der Waals surface area contributed by atoms with E-state index in [2.05, 4.69) is 5.32 Å². The topological polar surface area (TPSA) is 75.6 Å². The van der Waals surface area contributed by atoms with Gasteiger partial charge in [-0.3, -0.25) is 9.59 Å². The Balaban J connectivity index is 1.75. The van der Waals surface area contributed by atoms with Crippen LogP contribution in [-0.2, 0) is 4.79 Å². The van der Waals surface area contributed by atoms with E-state index in [1.54, 1.807) is 24.3 Å². The number of benzene rings is 1. The third-order valence-electron chi connectivity index (χ3n) is 3.79. The lowest BCUT2D eigenvalue weighted by molar-refractivity contribution is -0.135. The molecule has 0 radical (unpaired) electrons. The summed E-state index contributed by atoms with van der Waals surface area (Å²) in [6.07, 6.45) is 6.38. The molecule has 5 nitrogen and oxygen atoms in total. The zero-order valence-corrected chi connectivity index (χ0v) is 12.0. The molecule has 1 fully saturated rings. The molecule has 2 rings (SSSR count). The van der Waals surface area contributed by atoms with Crippen molar-refractivity contribution in [2.24, 2.45) is 5.92 Å². The Morgan fingerprint density at radius 1 is 1.19 bits per heavy atom. The molecule has 0 spiro atoms. The molecule has 0 atom stereocenters. The second kappa shape index (κ2) is 7.67. The van der Waals surface area contributed by atoms with Gasteiger partial charge in [0.25, 0.3) is 5.91 Å². The molecule has 0 bridgehead atoms. The fourth-order valence-electron chi connectivity index (χ4n) is 2.60. The van der Waals surface area contributed by atoms with Crippen LogP contribution in [0.25, 0.3) is 0 Å². The Hall–Kier alpha value is -2.04. The van der Waals surface area contributed by atoms with Crippen molar-refractivity contribution in [1.29, 1.82) is 0 Å². The average Bonchev–Trinajstić information content (AvgIpc) is 2.99. The zero-order chi connectivity index (χ0) is 15.1. The van der Waals surface area contributed by atoms with E-state index in [-0.39, 0.29) is 6.54 Å². The molecule has 0 aliphatic heterocycles. The minimum atomic E-state index is -1.06. The molecular formula is C16H21NO4. The van der Waals surface area contributed by atoms with E-state index in [1.807, 2.05) is 0 Å². The number of hydrogen-bond donors (Lipinski definition) is 2. The normalized spacial score (nSPS) is 14.9. The number of amides is 1. The molecule has 0 aromatic heterocycles. The molecule has 21 heavy (non-hydrogen) atoms. The Morgan fingerprint density at radius 2 is 1.86 bits per heavy atom.